The Kier molecular flexibility index (Phi) is 7.42. The fourth-order valence-electron chi connectivity index (χ4n) is 1.79. The molecule has 0 aliphatic heterocycles. The van der Waals surface area contributed by atoms with Crippen molar-refractivity contribution in [2.24, 2.45) is 0 Å². The summed E-state index contributed by atoms with van der Waals surface area (Å²) in [7, 11) is 3.45. The Balaban J connectivity index is 2.64. The van der Waals surface area contributed by atoms with Crippen molar-refractivity contribution in [3.8, 4) is 0 Å². The number of hydrogen-bond acceptors (Lipinski definition) is 4. The van der Waals surface area contributed by atoms with Crippen molar-refractivity contribution in [1.82, 2.24) is 9.88 Å². The summed E-state index contributed by atoms with van der Waals surface area (Å²) >= 11 is 3.44. The molecule has 1 unspecified atom stereocenters. The molecule has 0 radical (unpaired) electrons. The fourth-order valence-corrected chi connectivity index (χ4v) is 2.20. The second-order valence-corrected chi connectivity index (χ2v) is 5.19. The molecule has 1 heterocycles. The number of methoxy groups -OCH3 is 2. The van der Waals surface area contributed by atoms with Crippen molar-refractivity contribution in [1.29, 1.82) is 0 Å². The standard InChI is InChI=1S/C13H21BrN2O2/c1-11(10-18-3)16(4-5-17-2)9-12-6-13(14)8-15-7-12/h6-8,11H,4-5,9-10H2,1-3H3. The average Bonchev–Trinajstić information content (AvgIpc) is 2.34. The average molecular weight is 317 g/mol. The van der Waals surface area contributed by atoms with Crippen LogP contribution in [0.15, 0.2) is 22.9 Å². The van der Waals surface area contributed by atoms with Crippen LogP contribution in [0, 0.1) is 0 Å². The van der Waals surface area contributed by atoms with Crippen LogP contribution in [0.4, 0.5) is 0 Å². The molecular weight excluding hydrogens is 296 g/mol. The molecule has 1 aromatic heterocycles. The molecule has 0 aromatic carbocycles. The summed E-state index contributed by atoms with van der Waals surface area (Å²) in [5.41, 5.74) is 1.18. The third-order valence-electron chi connectivity index (χ3n) is 2.76. The van der Waals surface area contributed by atoms with Crippen LogP contribution in [0.2, 0.25) is 0 Å². The van der Waals surface area contributed by atoms with E-state index in [0.717, 1.165) is 24.2 Å². The summed E-state index contributed by atoms with van der Waals surface area (Å²) < 4.78 is 11.4. The van der Waals surface area contributed by atoms with Gasteiger partial charge in [-0.2, -0.15) is 0 Å². The van der Waals surface area contributed by atoms with Gasteiger partial charge in [-0.15, -0.1) is 0 Å². The van der Waals surface area contributed by atoms with Crippen LogP contribution < -0.4 is 0 Å². The van der Waals surface area contributed by atoms with E-state index in [1.54, 1.807) is 20.4 Å². The van der Waals surface area contributed by atoms with Crippen molar-refractivity contribution in [3.05, 3.63) is 28.5 Å². The predicted octanol–water partition coefficient (Wildman–Crippen LogP) is 2.33. The van der Waals surface area contributed by atoms with Crippen molar-refractivity contribution in [2.45, 2.75) is 19.5 Å². The highest BCUT2D eigenvalue weighted by molar-refractivity contribution is 9.10. The lowest BCUT2D eigenvalue weighted by atomic mass is 10.2. The van der Waals surface area contributed by atoms with Crippen LogP contribution in [0.1, 0.15) is 12.5 Å². The highest BCUT2D eigenvalue weighted by atomic mass is 79.9. The minimum atomic E-state index is 0.351. The molecule has 0 saturated carbocycles. The Morgan fingerprint density at radius 2 is 2.11 bits per heavy atom. The summed E-state index contributed by atoms with van der Waals surface area (Å²) in [4.78, 5) is 6.52. The molecule has 1 aromatic rings. The van der Waals surface area contributed by atoms with E-state index in [4.69, 9.17) is 9.47 Å². The minimum absolute atomic E-state index is 0.351. The first-order valence-corrected chi connectivity index (χ1v) is 6.78. The summed E-state index contributed by atoms with van der Waals surface area (Å²) in [6.45, 7) is 5.32. The van der Waals surface area contributed by atoms with Gasteiger partial charge < -0.3 is 9.47 Å². The maximum absolute atomic E-state index is 5.22. The molecule has 0 N–H and O–H groups in total. The number of halogens is 1. The number of ether oxygens (including phenoxy) is 2. The van der Waals surface area contributed by atoms with Crippen LogP contribution in [0.5, 0.6) is 0 Å². The molecule has 0 spiro atoms. The molecule has 0 fully saturated rings. The maximum Gasteiger partial charge on any atom is 0.0615 e. The van der Waals surface area contributed by atoms with Gasteiger partial charge in [-0.25, -0.2) is 0 Å². The number of rotatable bonds is 8. The van der Waals surface area contributed by atoms with Gasteiger partial charge in [0.05, 0.1) is 13.2 Å². The van der Waals surface area contributed by atoms with Crippen LogP contribution in [-0.2, 0) is 16.0 Å². The number of pyridine rings is 1. The van der Waals surface area contributed by atoms with E-state index in [2.05, 4.69) is 38.8 Å². The molecule has 18 heavy (non-hydrogen) atoms. The largest absolute Gasteiger partial charge is 0.383 e. The summed E-state index contributed by atoms with van der Waals surface area (Å²) in [5, 5.41) is 0. The Bertz CT molecular complexity index is 350. The topological polar surface area (TPSA) is 34.6 Å². The van der Waals surface area contributed by atoms with Crippen molar-refractivity contribution in [2.75, 3.05) is 34.0 Å². The van der Waals surface area contributed by atoms with E-state index in [1.807, 2.05) is 6.20 Å². The zero-order valence-corrected chi connectivity index (χ0v) is 12.8. The van der Waals surface area contributed by atoms with Gasteiger partial charge in [0, 0.05) is 50.2 Å². The lowest BCUT2D eigenvalue weighted by molar-refractivity contribution is 0.0704. The maximum atomic E-state index is 5.22. The molecular formula is C13H21BrN2O2. The molecule has 102 valence electrons. The lowest BCUT2D eigenvalue weighted by Crippen LogP contribution is -2.38. The molecule has 4 nitrogen and oxygen atoms in total. The van der Waals surface area contributed by atoms with Gasteiger partial charge in [-0.3, -0.25) is 9.88 Å². The second kappa shape index (κ2) is 8.58. The number of nitrogens with zero attached hydrogens (tertiary/aromatic N) is 2. The number of aromatic nitrogens is 1. The smallest absolute Gasteiger partial charge is 0.0615 e. The third kappa shape index (κ3) is 5.44. The first kappa shape index (κ1) is 15.6. The zero-order valence-electron chi connectivity index (χ0n) is 11.2. The van der Waals surface area contributed by atoms with Gasteiger partial charge in [0.25, 0.3) is 0 Å². The van der Waals surface area contributed by atoms with E-state index >= 15 is 0 Å². The molecule has 0 aliphatic rings. The predicted molar refractivity (Wildman–Crippen MR) is 75.6 cm³/mol. The van der Waals surface area contributed by atoms with Crippen molar-refractivity contribution >= 4 is 15.9 Å². The Labute approximate surface area is 117 Å². The Morgan fingerprint density at radius 1 is 1.33 bits per heavy atom. The quantitative estimate of drug-likeness (QED) is 0.737. The Morgan fingerprint density at radius 3 is 2.72 bits per heavy atom. The van der Waals surface area contributed by atoms with Gasteiger partial charge in [-0.05, 0) is 34.5 Å². The SMILES string of the molecule is COCCN(Cc1cncc(Br)c1)C(C)COC. The molecule has 0 aliphatic carbocycles. The Hall–Kier alpha value is -0.490. The minimum Gasteiger partial charge on any atom is -0.383 e. The fraction of sp³-hybridized carbons (Fsp3) is 0.615. The molecule has 0 saturated heterocycles. The summed E-state index contributed by atoms with van der Waals surface area (Å²) in [5.74, 6) is 0. The highest BCUT2D eigenvalue weighted by Crippen LogP contribution is 2.13. The molecule has 5 heteroatoms. The normalized spacial score (nSPS) is 12.9. The lowest BCUT2D eigenvalue weighted by Gasteiger charge is -2.28. The first-order chi connectivity index (χ1) is 8.67. The van der Waals surface area contributed by atoms with E-state index in [9.17, 15) is 0 Å². The molecule has 0 amide bonds. The first-order valence-electron chi connectivity index (χ1n) is 5.98. The zero-order chi connectivity index (χ0) is 13.4. The molecule has 1 atom stereocenters. The van der Waals surface area contributed by atoms with Gasteiger partial charge in [0.2, 0.25) is 0 Å². The van der Waals surface area contributed by atoms with Gasteiger partial charge in [0.1, 0.15) is 0 Å². The van der Waals surface area contributed by atoms with E-state index in [1.165, 1.54) is 5.56 Å². The number of hydrogen-bond donors (Lipinski definition) is 0. The monoisotopic (exact) mass is 316 g/mol. The van der Waals surface area contributed by atoms with Crippen molar-refractivity contribution < 1.29 is 9.47 Å². The third-order valence-corrected chi connectivity index (χ3v) is 3.19. The van der Waals surface area contributed by atoms with Gasteiger partial charge >= 0.3 is 0 Å². The van der Waals surface area contributed by atoms with Gasteiger partial charge in [0.15, 0.2) is 0 Å². The van der Waals surface area contributed by atoms with Crippen LogP contribution >= 0.6 is 15.9 Å². The summed E-state index contributed by atoms with van der Waals surface area (Å²) in [6.07, 6.45) is 3.69. The highest BCUT2D eigenvalue weighted by Gasteiger charge is 2.14. The van der Waals surface area contributed by atoms with Crippen LogP contribution in [0.25, 0.3) is 0 Å². The van der Waals surface area contributed by atoms with E-state index in [0.29, 0.717) is 12.6 Å². The van der Waals surface area contributed by atoms with Crippen molar-refractivity contribution in [3.63, 3.8) is 0 Å². The molecule has 1 rings (SSSR count). The van der Waals surface area contributed by atoms with Crippen LogP contribution in [0.3, 0.4) is 0 Å². The summed E-state index contributed by atoms with van der Waals surface area (Å²) in [6, 6.07) is 2.44. The van der Waals surface area contributed by atoms with Gasteiger partial charge in [-0.1, -0.05) is 0 Å². The van der Waals surface area contributed by atoms with E-state index < -0.39 is 0 Å². The van der Waals surface area contributed by atoms with Crippen LogP contribution in [-0.4, -0.2) is 49.9 Å². The molecule has 0 bridgehead atoms. The second-order valence-electron chi connectivity index (χ2n) is 4.28. The van der Waals surface area contributed by atoms with E-state index in [-0.39, 0.29) is 0 Å².